The number of aromatic nitrogens is 1. The predicted molar refractivity (Wildman–Crippen MR) is 108 cm³/mol. The molecule has 0 aliphatic carbocycles. The average molecular weight is 390 g/mol. The third-order valence-corrected chi connectivity index (χ3v) is 5.86. The van der Waals surface area contributed by atoms with Gasteiger partial charge in [-0.2, -0.15) is 0 Å². The van der Waals surface area contributed by atoms with Crippen LogP contribution in [0.4, 0.5) is 0 Å². The monoisotopic (exact) mass is 390 g/mol. The van der Waals surface area contributed by atoms with Crippen LogP contribution in [0.1, 0.15) is 26.4 Å². The summed E-state index contributed by atoms with van der Waals surface area (Å²) >= 11 is 1.77. The molecule has 3 aromatic rings. The zero-order valence-corrected chi connectivity index (χ0v) is 15.9. The fourth-order valence-electron chi connectivity index (χ4n) is 3.48. The van der Waals surface area contributed by atoms with E-state index < -0.39 is 0 Å². The second-order valence-electron chi connectivity index (χ2n) is 6.80. The smallest absolute Gasteiger partial charge is 0.231 e. The molecule has 0 spiro atoms. The van der Waals surface area contributed by atoms with Crippen LogP contribution in [0.3, 0.4) is 0 Å². The van der Waals surface area contributed by atoms with Gasteiger partial charge in [0.05, 0.1) is 11.1 Å². The quantitative estimate of drug-likeness (QED) is 0.627. The molecular weight excluding hydrogens is 372 g/mol. The fraction of sp³-hybridized carbons (Fsp3) is 0.182. The standard InChI is InChI=1S/C22H18N2O3S/c25-21-17-5-6-19-18(13-24(14-26-19)9-7-16-4-2-10-28-16)22(17)27-20(21)11-15-3-1-8-23-12-15/h1-6,8,10-12H,7,9,13-14H2/b20-11-. The molecule has 5 nitrogen and oxygen atoms in total. The number of rotatable bonds is 4. The van der Waals surface area contributed by atoms with Gasteiger partial charge in [-0.25, -0.2) is 0 Å². The lowest BCUT2D eigenvalue weighted by Crippen LogP contribution is -2.33. The zero-order chi connectivity index (χ0) is 18.9. The molecular formula is C22H18N2O3S. The van der Waals surface area contributed by atoms with E-state index in [1.54, 1.807) is 35.9 Å². The maximum atomic E-state index is 12.8. The Labute approximate surface area is 166 Å². The minimum Gasteiger partial charge on any atom is -0.478 e. The van der Waals surface area contributed by atoms with Gasteiger partial charge in [-0.05, 0) is 47.7 Å². The van der Waals surface area contributed by atoms with Crippen LogP contribution in [0.15, 0.2) is 59.9 Å². The van der Waals surface area contributed by atoms with Crippen LogP contribution in [0, 0.1) is 0 Å². The third kappa shape index (κ3) is 3.21. The van der Waals surface area contributed by atoms with Crippen LogP contribution in [0.2, 0.25) is 0 Å². The van der Waals surface area contributed by atoms with Gasteiger partial charge in [0.2, 0.25) is 5.78 Å². The summed E-state index contributed by atoms with van der Waals surface area (Å²) < 4.78 is 11.9. The van der Waals surface area contributed by atoms with E-state index >= 15 is 0 Å². The molecule has 28 heavy (non-hydrogen) atoms. The van der Waals surface area contributed by atoms with Crippen molar-refractivity contribution in [2.75, 3.05) is 13.3 Å². The van der Waals surface area contributed by atoms with Crippen LogP contribution >= 0.6 is 11.3 Å². The topological polar surface area (TPSA) is 51.7 Å². The van der Waals surface area contributed by atoms with Crippen LogP contribution in [-0.4, -0.2) is 28.9 Å². The Morgan fingerprint density at radius 3 is 3.00 bits per heavy atom. The molecule has 0 saturated carbocycles. The maximum absolute atomic E-state index is 12.8. The summed E-state index contributed by atoms with van der Waals surface area (Å²) in [4.78, 5) is 20.5. The van der Waals surface area contributed by atoms with Gasteiger partial charge in [-0.3, -0.25) is 14.7 Å². The molecule has 2 aromatic heterocycles. The number of fused-ring (bicyclic) bond motifs is 3. The number of benzene rings is 1. The highest BCUT2D eigenvalue weighted by Gasteiger charge is 2.33. The molecule has 0 N–H and O–H groups in total. The Kier molecular flexibility index (Phi) is 4.43. The Morgan fingerprint density at radius 1 is 1.21 bits per heavy atom. The second kappa shape index (κ2) is 7.22. The Balaban J connectivity index is 1.39. The van der Waals surface area contributed by atoms with Gasteiger partial charge in [0, 0.05) is 30.4 Å². The van der Waals surface area contributed by atoms with E-state index in [4.69, 9.17) is 9.47 Å². The second-order valence-corrected chi connectivity index (χ2v) is 7.83. The van der Waals surface area contributed by atoms with Gasteiger partial charge < -0.3 is 9.47 Å². The average Bonchev–Trinajstić information content (AvgIpc) is 3.36. The number of nitrogens with zero attached hydrogens (tertiary/aromatic N) is 2. The molecule has 0 saturated heterocycles. The maximum Gasteiger partial charge on any atom is 0.231 e. The molecule has 6 heteroatoms. The molecule has 0 unspecified atom stereocenters. The molecule has 0 amide bonds. The van der Waals surface area contributed by atoms with Crippen molar-refractivity contribution in [1.82, 2.24) is 9.88 Å². The summed E-state index contributed by atoms with van der Waals surface area (Å²) in [7, 11) is 0. The normalized spacial score (nSPS) is 17.1. The highest BCUT2D eigenvalue weighted by Crippen LogP contribution is 2.42. The molecule has 0 bridgehead atoms. The number of Topliss-reactive ketones (excluding diaryl/α,β-unsaturated/α-hetero) is 1. The lowest BCUT2D eigenvalue weighted by Gasteiger charge is -2.29. The van der Waals surface area contributed by atoms with Crippen molar-refractivity contribution >= 4 is 23.2 Å². The molecule has 0 atom stereocenters. The number of pyridine rings is 1. The van der Waals surface area contributed by atoms with Crippen LogP contribution in [0.5, 0.6) is 11.5 Å². The molecule has 4 heterocycles. The van der Waals surface area contributed by atoms with E-state index in [0.29, 0.717) is 30.3 Å². The largest absolute Gasteiger partial charge is 0.478 e. The Hall–Kier alpha value is -2.96. The van der Waals surface area contributed by atoms with Crippen LogP contribution in [0.25, 0.3) is 6.08 Å². The van der Waals surface area contributed by atoms with Crippen molar-refractivity contribution in [1.29, 1.82) is 0 Å². The minimum absolute atomic E-state index is 0.0997. The van der Waals surface area contributed by atoms with Crippen molar-refractivity contribution in [2.24, 2.45) is 0 Å². The van der Waals surface area contributed by atoms with Crippen LogP contribution in [-0.2, 0) is 13.0 Å². The van der Waals surface area contributed by atoms with Crippen molar-refractivity contribution < 1.29 is 14.3 Å². The van der Waals surface area contributed by atoms with E-state index in [9.17, 15) is 4.79 Å². The Morgan fingerprint density at radius 2 is 2.18 bits per heavy atom. The molecule has 2 aliphatic rings. The van der Waals surface area contributed by atoms with Gasteiger partial charge in [-0.1, -0.05) is 12.1 Å². The first kappa shape index (κ1) is 17.2. The molecule has 0 radical (unpaired) electrons. The number of carbonyl (C=O) groups is 1. The molecule has 2 aliphatic heterocycles. The number of ether oxygens (including phenoxy) is 2. The summed E-state index contributed by atoms with van der Waals surface area (Å²) in [6, 6.07) is 11.6. The summed E-state index contributed by atoms with van der Waals surface area (Å²) in [6.45, 7) is 2.15. The summed E-state index contributed by atoms with van der Waals surface area (Å²) in [5.41, 5.74) is 2.37. The van der Waals surface area contributed by atoms with Crippen LogP contribution < -0.4 is 9.47 Å². The highest BCUT2D eigenvalue weighted by atomic mass is 32.1. The molecule has 140 valence electrons. The van der Waals surface area contributed by atoms with Gasteiger partial charge >= 0.3 is 0 Å². The molecule has 5 rings (SSSR count). The van der Waals surface area contributed by atoms with E-state index in [0.717, 1.165) is 29.8 Å². The van der Waals surface area contributed by atoms with Gasteiger partial charge in [0.15, 0.2) is 5.76 Å². The van der Waals surface area contributed by atoms with Crippen molar-refractivity contribution in [2.45, 2.75) is 13.0 Å². The molecule has 0 fully saturated rings. The number of allylic oxidation sites excluding steroid dienone is 1. The van der Waals surface area contributed by atoms with E-state index in [1.807, 2.05) is 18.2 Å². The van der Waals surface area contributed by atoms with Crippen molar-refractivity contribution in [3.8, 4) is 11.5 Å². The highest BCUT2D eigenvalue weighted by molar-refractivity contribution is 7.09. The first-order valence-corrected chi connectivity index (χ1v) is 10.0. The number of ketones is 1. The van der Waals surface area contributed by atoms with E-state index in [-0.39, 0.29) is 5.78 Å². The summed E-state index contributed by atoms with van der Waals surface area (Å²) in [5, 5.41) is 2.10. The lowest BCUT2D eigenvalue weighted by atomic mass is 10.0. The summed E-state index contributed by atoms with van der Waals surface area (Å²) in [5.74, 6) is 1.64. The summed E-state index contributed by atoms with van der Waals surface area (Å²) in [6.07, 6.45) is 6.13. The predicted octanol–water partition coefficient (Wildman–Crippen LogP) is 4.15. The number of thiophene rings is 1. The number of hydrogen-bond donors (Lipinski definition) is 0. The fourth-order valence-corrected chi connectivity index (χ4v) is 4.18. The van der Waals surface area contributed by atoms with Crippen molar-refractivity contribution in [3.63, 3.8) is 0 Å². The minimum atomic E-state index is -0.0997. The SMILES string of the molecule is O=C1/C(=C/c2cccnc2)Oc2c1ccc1c2CN(CCc2cccs2)CO1. The lowest BCUT2D eigenvalue weighted by molar-refractivity contribution is 0.0951. The van der Waals surface area contributed by atoms with Gasteiger partial charge in [0.1, 0.15) is 18.2 Å². The molecule has 1 aromatic carbocycles. The number of carbonyl (C=O) groups excluding carboxylic acids is 1. The third-order valence-electron chi connectivity index (χ3n) is 4.92. The van der Waals surface area contributed by atoms with Crippen molar-refractivity contribution in [3.05, 3.63) is 81.5 Å². The van der Waals surface area contributed by atoms with E-state index in [2.05, 4.69) is 27.4 Å². The van der Waals surface area contributed by atoms with Gasteiger partial charge in [0.25, 0.3) is 0 Å². The number of hydrogen-bond acceptors (Lipinski definition) is 6. The zero-order valence-electron chi connectivity index (χ0n) is 15.1. The van der Waals surface area contributed by atoms with Gasteiger partial charge in [-0.15, -0.1) is 11.3 Å². The first-order chi connectivity index (χ1) is 13.8. The first-order valence-electron chi connectivity index (χ1n) is 9.15. The Bertz CT molecular complexity index is 1050. The van der Waals surface area contributed by atoms with E-state index in [1.165, 1.54) is 4.88 Å².